The highest BCUT2D eigenvalue weighted by Gasteiger charge is 2.31. The van der Waals surface area contributed by atoms with Crippen molar-refractivity contribution in [2.45, 2.75) is 12.8 Å². The number of aromatic carboxylic acids is 1. The SMILES string of the molecule is O=C(O)CCCN1C(=O)C(=Cc2ccc(-c3ccc(C(=O)O)cc3)o2)SC1=S. The van der Waals surface area contributed by atoms with E-state index < -0.39 is 11.9 Å². The number of carboxylic acid groups (broad SMARTS) is 2. The highest BCUT2D eigenvalue weighted by molar-refractivity contribution is 8.26. The Morgan fingerprint density at radius 1 is 1.14 bits per heavy atom. The van der Waals surface area contributed by atoms with Crippen molar-refractivity contribution in [3.63, 3.8) is 0 Å². The maximum Gasteiger partial charge on any atom is 0.335 e. The first-order valence-corrected chi connectivity index (χ1v) is 9.48. The maximum atomic E-state index is 12.5. The Balaban J connectivity index is 1.72. The summed E-state index contributed by atoms with van der Waals surface area (Å²) in [7, 11) is 0. The van der Waals surface area contributed by atoms with Crippen LogP contribution in [0.3, 0.4) is 0 Å². The molecule has 2 heterocycles. The van der Waals surface area contributed by atoms with Gasteiger partial charge in [-0.2, -0.15) is 0 Å². The lowest BCUT2D eigenvalue weighted by atomic mass is 10.1. The zero-order valence-electron chi connectivity index (χ0n) is 14.5. The molecule has 1 aliphatic rings. The zero-order chi connectivity index (χ0) is 20.3. The number of thiocarbonyl (C=S) groups is 1. The van der Waals surface area contributed by atoms with Crippen LogP contribution in [0.4, 0.5) is 0 Å². The Hall–Kier alpha value is -2.91. The first-order chi connectivity index (χ1) is 13.3. The lowest BCUT2D eigenvalue weighted by Gasteiger charge is -2.13. The minimum atomic E-state index is -1.00. The van der Waals surface area contributed by atoms with E-state index in [1.54, 1.807) is 30.3 Å². The number of furan rings is 1. The molecule has 1 aromatic heterocycles. The molecule has 1 saturated heterocycles. The standard InChI is InChI=1S/C19H15NO6S2/c21-16(22)2-1-9-20-17(23)15(28-19(20)27)10-13-7-8-14(26-13)11-3-5-12(6-4-11)18(24)25/h3-8,10H,1-2,9H2,(H,21,22)(H,24,25). The van der Waals surface area contributed by atoms with Crippen molar-refractivity contribution in [2.24, 2.45) is 0 Å². The molecule has 0 atom stereocenters. The van der Waals surface area contributed by atoms with E-state index in [9.17, 15) is 14.4 Å². The lowest BCUT2D eigenvalue weighted by molar-refractivity contribution is -0.137. The van der Waals surface area contributed by atoms with Gasteiger partial charge in [0.2, 0.25) is 0 Å². The van der Waals surface area contributed by atoms with Gasteiger partial charge in [0.25, 0.3) is 5.91 Å². The van der Waals surface area contributed by atoms with Crippen molar-refractivity contribution in [2.75, 3.05) is 6.54 Å². The van der Waals surface area contributed by atoms with Gasteiger partial charge in [-0.3, -0.25) is 14.5 Å². The van der Waals surface area contributed by atoms with Crippen LogP contribution in [0.25, 0.3) is 17.4 Å². The molecule has 0 aliphatic carbocycles. The Morgan fingerprint density at radius 3 is 2.50 bits per heavy atom. The summed E-state index contributed by atoms with van der Waals surface area (Å²) < 4.78 is 6.12. The van der Waals surface area contributed by atoms with E-state index in [1.165, 1.54) is 17.0 Å². The first-order valence-electron chi connectivity index (χ1n) is 8.26. The second kappa shape index (κ2) is 8.41. The largest absolute Gasteiger partial charge is 0.481 e. The highest BCUT2D eigenvalue weighted by Crippen LogP contribution is 2.33. The molecule has 3 rings (SSSR count). The predicted octanol–water partition coefficient (Wildman–Crippen LogP) is 3.71. The molecule has 1 aromatic carbocycles. The molecule has 1 amide bonds. The summed E-state index contributed by atoms with van der Waals surface area (Å²) in [6.07, 6.45) is 1.89. The van der Waals surface area contributed by atoms with Gasteiger partial charge in [-0.15, -0.1) is 0 Å². The van der Waals surface area contributed by atoms with Crippen LogP contribution in [0.2, 0.25) is 0 Å². The molecule has 7 nitrogen and oxygen atoms in total. The summed E-state index contributed by atoms with van der Waals surface area (Å²) >= 11 is 6.35. The number of rotatable bonds is 7. The van der Waals surface area contributed by atoms with Crippen LogP contribution >= 0.6 is 24.0 Å². The Bertz CT molecular complexity index is 977. The number of amides is 1. The van der Waals surface area contributed by atoms with E-state index in [0.717, 1.165) is 11.8 Å². The van der Waals surface area contributed by atoms with Gasteiger partial charge in [-0.05, 0) is 30.7 Å². The highest BCUT2D eigenvalue weighted by atomic mass is 32.2. The van der Waals surface area contributed by atoms with Crippen LogP contribution in [-0.2, 0) is 9.59 Å². The number of carboxylic acids is 2. The molecule has 0 unspecified atom stereocenters. The van der Waals surface area contributed by atoms with Crippen molar-refractivity contribution in [3.05, 3.63) is 52.6 Å². The molecule has 9 heteroatoms. The normalized spacial score (nSPS) is 15.4. The monoisotopic (exact) mass is 417 g/mol. The molecule has 0 spiro atoms. The zero-order valence-corrected chi connectivity index (χ0v) is 16.1. The van der Waals surface area contributed by atoms with Crippen molar-refractivity contribution in [1.29, 1.82) is 0 Å². The van der Waals surface area contributed by atoms with Gasteiger partial charge >= 0.3 is 11.9 Å². The number of carbonyl (C=O) groups is 3. The van der Waals surface area contributed by atoms with E-state index in [1.807, 2.05) is 0 Å². The summed E-state index contributed by atoms with van der Waals surface area (Å²) in [5.41, 5.74) is 0.896. The smallest absolute Gasteiger partial charge is 0.335 e. The third kappa shape index (κ3) is 4.49. The van der Waals surface area contributed by atoms with E-state index in [4.69, 9.17) is 26.8 Å². The van der Waals surface area contributed by atoms with E-state index >= 15 is 0 Å². The van der Waals surface area contributed by atoms with Gasteiger partial charge < -0.3 is 14.6 Å². The van der Waals surface area contributed by atoms with Gasteiger partial charge in [0.05, 0.1) is 10.5 Å². The molecule has 28 heavy (non-hydrogen) atoms. The Morgan fingerprint density at radius 2 is 1.86 bits per heavy atom. The molecule has 0 saturated carbocycles. The second-order valence-corrected chi connectivity index (χ2v) is 7.59. The van der Waals surface area contributed by atoms with Gasteiger partial charge in [0.1, 0.15) is 15.8 Å². The number of hydrogen-bond acceptors (Lipinski definition) is 6. The number of thioether (sulfide) groups is 1. The predicted molar refractivity (Wildman–Crippen MR) is 108 cm³/mol. The molecular weight excluding hydrogens is 402 g/mol. The average molecular weight is 417 g/mol. The summed E-state index contributed by atoms with van der Waals surface area (Å²) in [6.45, 7) is 0.258. The third-order valence-electron chi connectivity index (χ3n) is 3.96. The minimum Gasteiger partial charge on any atom is -0.481 e. The van der Waals surface area contributed by atoms with E-state index in [-0.39, 0.29) is 24.4 Å². The van der Waals surface area contributed by atoms with Gasteiger partial charge in [-0.1, -0.05) is 36.1 Å². The van der Waals surface area contributed by atoms with Crippen molar-refractivity contribution in [3.8, 4) is 11.3 Å². The van der Waals surface area contributed by atoms with Gasteiger partial charge in [0, 0.05) is 24.6 Å². The number of nitrogens with zero attached hydrogens (tertiary/aromatic N) is 1. The molecular formula is C19H15NO6S2. The first kappa shape index (κ1) is 19.8. The third-order valence-corrected chi connectivity index (χ3v) is 5.34. The number of carbonyl (C=O) groups excluding carboxylic acids is 1. The molecule has 0 radical (unpaired) electrons. The summed E-state index contributed by atoms with van der Waals surface area (Å²) in [5, 5.41) is 17.7. The van der Waals surface area contributed by atoms with Gasteiger partial charge in [-0.25, -0.2) is 4.79 Å². The summed E-state index contributed by atoms with van der Waals surface area (Å²) in [5.74, 6) is -1.19. The van der Waals surface area contributed by atoms with Crippen LogP contribution in [0.15, 0.2) is 45.7 Å². The fourth-order valence-electron chi connectivity index (χ4n) is 2.57. The van der Waals surface area contributed by atoms with Crippen LogP contribution < -0.4 is 0 Å². The van der Waals surface area contributed by atoms with Crippen molar-refractivity contribution in [1.82, 2.24) is 4.90 Å². The molecule has 144 valence electrons. The molecule has 2 N–H and O–H groups in total. The lowest BCUT2D eigenvalue weighted by Crippen LogP contribution is -2.29. The Labute approximate surface area is 169 Å². The fourth-order valence-corrected chi connectivity index (χ4v) is 3.86. The topological polar surface area (TPSA) is 108 Å². The fraction of sp³-hybridized carbons (Fsp3) is 0.158. The summed E-state index contributed by atoms with van der Waals surface area (Å²) in [4.78, 5) is 35.8. The van der Waals surface area contributed by atoms with E-state index in [0.29, 0.717) is 32.7 Å². The molecule has 1 aliphatic heterocycles. The van der Waals surface area contributed by atoms with Crippen LogP contribution in [0, 0.1) is 0 Å². The number of aliphatic carboxylic acids is 1. The van der Waals surface area contributed by atoms with Crippen molar-refractivity contribution < 1.29 is 29.0 Å². The minimum absolute atomic E-state index is 0.0294. The van der Waals surface area contributed by atoms with Gasteiger partial charge in [0.15, 0.2) is 0 Å². The average Bonchev–Trinajstić information content (AvgIpc) is 3.22. The summed E-state index contributed by atoms with van der Waals surface area (Å²) in [6, 6.07) is 9.71. The van der Waals surface area contributed by atoms with Crippen molar-refractivity contribution >= 4 is 52.2 Å². The molecule has 0 bridgehead atoms. The van der Waals surface area contributed by atoms with Crippen LogP contribution in [0.1, 0.15) is 29.0 Å². The maximum absolute atomic E-state index is 12.5. The quantitative estimate of drug-likeness (QED) is 0.518. The second-order valence-electron chi connectivity index (χ2n) is 5.92. The van der Waals surface area contributed by atoms with Crippen LogP contribution in [0.5, 0.6) is 0 Å². The molecule has 1 fully saturated rings. The number of hydrogen-bond donors (Lipinski definition) is 2. The van der Waals surface area contributed by atoms with Crippen LogP contribution in [-0.4, -0.2) is 43.8 Å². The Kier molecular flexibility index (Phi) is 5.96. The number of benzene rings is 1. The molecule has 2 aromatic rings. The van der Waals surface area contributed by atoms with E-state index in [2.05, 4.69) is 0 Å².